The first-order valence-corrected chi connectivity index (χ1v) is 6.61. The first kappa shape index (κ1) is 13.6. The van der Waals surface area contributed by atoms with Gasteiger partial charge >= 0.3 is 0 Å². The topological polar surface area (TPSA) is 26.3 Å². The maximum absolute atomic E-state index is 11.8. The third kappa shape index (κ3) is 4.11. The Kier molecular flexibility index (Phi) is 4.99. The average Bonchev–Trinajstić information content (AvgIpc) is 2.46. The van der Waals surface area contributed by atoms with Crippen LogP contribution < -0.4 is 4.74 Å². The minimum Gasteiger partial charge on any atom is -0.492 e. The minimum absolute atomic E-state index is 0.142. The zero-order valence-electron chi connectivity index (χ0n) is 10.5. The summed E-state index contributed by atoms with van der Waals surface area (Å²) in [7, 11) is 0. The van der Waals surface area contributed by atoms with Crippen molar-refractivity contribution in [3.63, 3.8) is 0 Å². The lowest BCUT2D eigenvalue weighted by Crippen LogP contribution is -2.03. The van der Waals surface area contributed by atoms with Gasteiger partial charge < -0.3 is 4.74 Å². The summed E-state index contributed by atoms with van der Waals surface area (Å²) in [5.41, 5.74) is 0.750. The highest BCUT2D eigenvalue weighted by molar-refractivity contribution is 6.32. The molecule has 0 saturated heterocycles. The number of ether oxygens (including phenoxy) is 1. The van der Waals surface area contributed by atoms with Gasteiger partial charge in [0, 0.05) is 12.0 Å². The van der Waals surface area contributed by atoms with E-state index in [4.69, 9.17) is 16.3 Å². The standard InChI is InChI=1S/C16H15ClO2/c17-14-9-4-5-11-16(14)19-12-6-10-15(18)13-7-2-1-3-8-13/h1-5,7-9,11H,6,10,12H2. The minimum atomic E-state index is 0.142. The normalized spacial score (nSPS) is 10.2. The maximum Gasteiger partial charge on any atom is 0.163 e. The number of Topliss-reactive ketones (excluding diaryl/α,β-unsaturated/α-hetero) is 1. The molecule has 0 aromatic heterocycles. The molecule has 0 unspecified atom stereocenters. The number of ketones is 1. The summed E-state index contributed by atoms with van der Waals surface area (Å²) in [6.07, 6.45) is 1.16. The smallest absolute Gasteiger partial charge is 0.163 e. The van der Waals surface area contributed by atoms with E-state index in [9.17, 15) is 4.79 Å². The number of benzene rings is 2. The number of hydrogen-bond donors (Lipinski definition) is 0. The van der Waals surface area contributed by atoms with Crippen molar-refractivity contribution in [2.24, 2.45) is 0 Å². The molecule has 0 saturated carbocycles. The predicted molar refractivity (Wildman–Crippen MR) is 77.0 cm³/mol. The molecule has 0 bridgehead atoms. The van der Waals surface area contributed by atoms with Crippen LogP contribution in [0.2, 0.25) is 5.02 Å². The summed E-state index contributed by atoms with van der Waals surface area (Å²) >= 11 is 5.97. The Morgan fingerprint density at radius 3 is 2.42 bits per heavy atom. The SMILES string of the molecule is O=C(CCCOc1ccccc1Cl)c1ccccc1. The highest BCUT2D eigenvalue weighted by Gasteiger charge is 2.05. The van der Waals surface area contributed by atoms with E-state index in [0.29, 0.717) is 30.2 Å². The molecule has 0 atom stereocenters. The second-order valence-electron chi connectivity index (χ2n) is 4.17. The van der Waals surface area contributed by atoms with Gasteiger partial charge in [0.05, 0.1) is 11.6 Å². The van der Waals surface area contributed by atoms with Crippen LogP contribution in [0.5, 0.6) is 5.75 Å². The number of hydrogen-bond acceptors (Lipinski definition) is 2. The van der Waals surface area contributed by atoms with Crippen LogP contribution in [0.4, 0.5) is 0 Å². The van der Waals surface area contributed by atoms with Crippen LogP contribution in [-0.2, 0) is 0 Å². The van der Waals surface area contributed by atoms with Gasteiger partial charge in [0.15, 0.2) is 5.78 Å². The summed E-state index contributed by atoms with van der Waals surface area (Å²) in [5.74, 6) is 0.805. The van der Waals surface area contributed by atoms with Gasteiger partial charge in [0.1, 0.15) is 5.75 Å². The lowest BCUT2D eigenvalue weighted by molar-refractivity contribution is 0.0973. The van der Waals surface area contributed by atoms with Crippen molar-refractivity contribution < 1.29 is 9.53 Å². The Labute approximate surface area is 118 Å². The van der Waals surface area contributed by atoms with Crippen molar-refractivity contribution in [2.45, 2.75) is 12.8 Å². The highest BCUT2D eigenvalue weighted by atomic mass is 35.5. The summed E-state index contributed by atoms with van der Waals surface area (Å²) in [5, 5.41) is 0.594. The van der Waals surface area contributed by atoms with Gasteiger partial charge in [-0.3, -0.25) is 4.79 Å². The van der Waals surface area contributed by atoms with E-state index in [2.05, 4.69) is 0 Å². The van der Waals surface area contributed by atoms with Crippen molar-refractivity contribution in [1.82, 2.24) is 0 Å². The Hall–Kier alpha value is -1.80. The van der Waals surface area contributed by atoms with Gasteiger partial charge in [0.25, 0.3) is 0 Å². The van der Waals surface area contributed by atoms with E-state index in [0.717, 1.165) is 5.56 Å². The van der Waals surface area contributed by atoms with Crippen LogP contribution in [0.1, 0.15) is 23.2 Å². The monoisotopic (exact) mass is 274 g/mol. The number of rotatable bonds is 6. The van der Waals surface area contributed by atoms with E-state index >= 15 is 0 Å². The first-order valence-electron chi connectivity index (χ1n) is 6.23. The van der Waals surface area contributed by atoms with Gasteiger partial charge in [0.2, 0.25) is 0 Å². The van der Waals surface area contributed by atoms with E-state index in [-0.39, 0.29) is 5.78 Å². The molecule has 2 rings (SSSR count). The molecule has 0 aliphatic rings. The van der Waals surface area contributed by atoms with Crippen LogP contribution in [0.25, 0.3) is 0 Å². The Morgan fingerprint density at radius 1 is 1.00 bits per heavy atom. The number of halogens is 1. The summed E-state index contributed by atoms with van der Waals surface area (Å²) in [6.45, 7) is 0.488. The molecule has 3 heteroatoms. The Balaban J connectivity index is 1.76. The zero-order valence-corrected chi connectivity index (χ0v) is 11.3. The fourth-order valence-corrected chi connectivity index (χ4v) is 1.94. The van der Waals surface area contributed by atoms with Gasteiger partial charge in [-0.2, -0.15) is 0 Å². The summed E-state index contributed by atoms with van der Waals surface area (Å²) in [6, 6.07) is 16.6. The molecule has 2 nitrogen and oxygen atoms in total. The molecular formula is C16H15ClO2. The molecule has 0 amide bonds. The van der Waals surface area contributed by atoms with E-state index in [1.54, 1.807) is 6.07 Å². The molecule has 0 aliphatic carbocycles. The van der Waals surface area contributed by atoms with Crippen LogP contribution in [0.3, 0.4) is 0 Å². The van der Waals surface area contributed by atoms with Gasteiger partial charge in [-0.1, -0.05) is 54.1 Å². The third-order valence-corrected chi connectivity index (χ3v) is 3.05. The van der Waals surface area contributed by atoms with Crippen molar-refractivity contribution in [2.75, 3.05) is 6.61 Å². The zero-order chi connectivity index (χ0) is 13.5. The molecule has 0 radical (unpaired) electrons. The van der Waals surface area contributed by atoms with Gasteiger partial charge in [-0.15, -0.1) is 0 Å². The molecule has 2 aromatic rings. The van der Waals surface area contributed by atoms with Gasteiger partial charge in [-0.05, 0) is 18.6 Å². The average molecular weight is 275 g/mol. The molecule has 0 spiro atoms. The third-order valence-electron chi connectivity index (χ3n) is 2.74. The largest absolute Gasteiger partial charge is 0.492 e. The molecule has 98 valence electrons. The number of carbonyl (C=O) groups excluding carboxylic acids is 1. The van der Waals surface area contributed by atoms with E-state index in [1.165, 1.54) is 0 Å². The molecule has 19 heavy (non-hydrogen) atoms. The number of para-hydroxylation sites is 1. The predicted octanol–water partition coefficient (Wildman–Crippen LogP) is 4.38. The maximum atomic E-state index is 11.8. The van der Waals surface area contributed by atoms with Gasteiger partial charge in [-0.25, -0.2) is 0 Å². The van der Waals surface area contributed by atoms with Crippen LogP contribution >= 0.6 is 11.6 Å². The van der Waals surface area contributed by atoms with Crippen molar-refractivity contribution in [1.29, 1.82) is 0 Å². The summed E-state index contributed by atoms with van der Waals surface area (Å²) < 4.78 is 5.54. The Morgan fingerprint density at radius 2 is 1.68 bits per heavy atom. The van der Waals surface area contributed by atoms with E-state index < -0.39 is 0 Å². The first-order chi connectivity index (χ1) is 9.27. The van der Waals surface area contributed by atoms with Crippen LogP contribution in [-0.4, -0.2) is 12.4 Å². The Bertz CT molecular complexity index is 537. The molecule has 0 fully saturated rings. The number of carbonyl (C=O) groups is 1. The molecule has 0 heterocycles. The second kappa shape index (κ2) is 6.95. The lowest BCUT2D eigenvalue weighted by Gasteiger charge is -2.07. The molecule has 0 aliphatic heterocycles. The second-order valence-corrected chi connectivity index (χ2v) is 4.58. The quantitative estimate of drug-likeness (QED) is 0.577. The van der Waals surface area contributed by atoms with E-state index in [1.807, 2.05) is 48.5 Å². The fourth-order valence-electron chi connectivity index (χ4n) is 1.75. The van der Waals surface area contributed by atoms with Crippen molar-refractivity contribution in [3.05, 3.63) is 65.2 Å². The molecule has 2 aromatic carbocycles. The van der Waals surface area contributed by atoms with Crippen molar-refractivity contribution in [3.8, 4) is 5.75 Å². The van der Waals surface area contributed by atoms with Crippen molar-refractivity contribution >= 4 is 17.4 Å². The molecular weight excluding hydrogens is 260 g/mol. The highest BCUT2D eigenvalue weighted by Crippen LogP contribution is 2.23. The summed E-state index contributed by atoms with van der Waals surface area (Å²) in [4.78, 5) is 11.8. The van der Waals surface area contributed by atoms with Crippen LogP contribution in [0, 0.1) is 0 Å². The lowest BCUT2D eigenvalue weighted by atomic mass is 10.1. The van der Waals surface area contributed by atoms with Crippen LogP contribution in [0.15, 0.2) is 54.6 Å². The molecule has 0 N–H and O–H groups in total. The fraction of sp³-hybridized carbons (Fsp3) is 0.188.